The van der Waals surface area contributed by atoms with Crippen LogP contribution in [0.15, 0.2) is 0 Å². The van der Waals surface area contributed by atoms with Gasteiger partial charge >= 0.3 is 0 Å². The Balaban J connectivity index is 1.51. The first-order valence-corrected chi connectivity index (χ1v) is 10.1. The summed E-state index contributed by atoms with van der Waals surface area (Å²) in [7, 11) is 0. The van der Waals surface area contributed by atoms with E-state index in [0.717, 1.165) is 42.4 Å². The molecule has 5 aliphatic carbocycles. The van der Waals surface area contributed by atoms with Crippen molar-refractivity contribution in [3.63, 3.8) is 0 Å². The first kappa shape index (κ1) is 14.3. The lowest BCUT2D eigenvalue weighted by Gasteiger charge is -2.61. The highest BCUT2D eigenvalue weighted by atomic mass is 16.3. The van der Waals surface area contributed by atoms with Gasteiger partial charge in [-0.15, -0.1) is 0 Å². The van der Waals surface area contributed by atoms with E-state index in [2.05, 4.69) is 20.8 Å². The molecule has 1 N–H and O–H groups in total. The van der Waals surface area contributed by atoms with Crippen LogP contribution in [0.4, 0.5) is 0 Å². The van der Waals surface area contributed by atoms with Crippen LogP contribution in [0.3, 0.4) is 0 Å². The maximum Gasteiger partial charge on any atom is 0.0546 e. The Labute approximate surface area is 136 Å². The van der Waals surface area contributed by atoms with Crippen LogP contribution < -0.4 is 0 Å². The molecule has 1 heteroatoms. The Morgan fingerprint density at radius 3 is 2.55 bits per heavy atom. The van der Waals surface area contributed by atoms with Crippen LogP contribution in [-0.4, -0.2) is 11.2 Å². The molecule has 1 nitrogen and oxygen atoms in total. The van der Waals surface area contributed by atoms with Crippen molar-refractivity contribution in [3.05, 3.63) is 0 Å². The number of aliphatic hydroxyl groups excluding tert-OH is 1. The van der Waals surface area contributed by atoms with Crippen LogP contribution in [-0.2, 0) is 0 Å². The Hall–Kier alpha value is -0.0400. The topological polar surface area (TPSA) is 20.2 Å². The van der Waals surface area contributed by atoms with Gasteiger partial charge in [-0.1, -0.05) is 20.8 Å². The predicted octanol–water partition coefficient (Wildman–Crippen LogP) is 5.03. The molecule has 0 amide bonds. The monoisotopic (exact) mass is 302 g/mol. The maximum absolute atomic E-state index is 10.3. The molecule has 0 saturated heterocycles. The van der Waals surface area contributed by atoms with E-state index in [1.807, 2.05) is 0 Å². The van der Waals surface area contributed by atoms with E-state index in [1.54, 1.807) is 0 Å². The highest BCUT2D eigenvalue weighted by Gasteiger charge is 2.73. The standard InChI is InChI=1S/C21H34O/c1-13-4-5-17-16-10-14-11-21(14)12-15(22)6-9-20(21,3)18(16)7-8-19(13,17)2/h13-18,22H,4-12H2,1-3H3/t13-,14?,15-,16?,17+,18?,19+,20+,21+/m0/s1. The van der Waals surface area contributed by atoms with Crippen LogP contribution in [0.1, 0.15) is 78.6 Å². The molecule has 0 aromatic carbocycles. The Morgan fingerprint density at radius 2 is 1.73 bits per heavy atom. The molecule has 0 bridgehead atoms. The molecule has 0 heterocycles. The zero-order valence-electron chi connectivity index (χ0n) is 14.8. The van der Waals surface area contributed by atoms with Crippen LogP contribution >= 0.6 is 0 Å². The molecule has 0 aromatic rings. The zero-order valence-corrected chi connectivity index (χ0v) is 14.8. The van der Waals surface area contributed by atoms with E-state index in [0.29, 0.717) is 16.2 Å². The van der Waals surface area contributed by atoms with Gasteiger partial charge in [-0.05, 0) is 104 Å². The second-order valence-corrected chi connectivity index (χ2v) is 10.5. The van der Waals surface area contributed by atoms with Crippen molar-refractivity contribution < 1.29 is 5.11 Å². The van der Waals surface area contributed by atoms with E-state index in [1.165, 1.54) is 44.9 Å². The Bertz CT molecular complexity index is 500. The highest BCUT2D eigenvalue weighted by molar-refractivity contribution is 5.22. The SMILES string of the molecule is C[C@H]1CC[C@@H]2C3CC4C[C@@]45C[C@@H](O)CC[C@]5(C)C3CC[C@@]21C. The molecule has 1 spiro atoms. The fraction of sp³-hybridized carbons (Fsp3) is 1.00. The van der Waals surface area contributed by atoms with Crippen LogP contribution in [0.5, 0.6) is 0 Å². The molecule has 5 fully saturated rings. The summed E-state index contributed by atoms with van der Waals surface area (Å²) in [5, 5.41) is 10.3. The summed E-state index contributed by atoms with van der Waals surface area (Å²) in [6.45, 7) is 7.81. The minimum absolute atomic E-state index is 0.00924. The summed E-state index contributed by atoms with van der Waals surface area (Å²) in [5.74, 6) is 4.92. The third-order valence-electron chi connectivity index (χ3n) is 10.3. The predicted molar refractivity (Wildman–Crippen MR) is 89.3 cm³/mol. The fourth-order valence-corrected chi connectivity index (χ4v) is 8.66. The van der Waals surface area contributed by atoms with Crippen molar-refractivity contribution >= 4 is 0 Å². The van der Waals surface area contributed by atoms with Crippen LogP contribution in [0.2, 0.25) is 0 Å². The molecule has 0 aliphatic heterocycles. The average Bonchev–Trinajstić information content (AvgIpc) is 3.08. The number of rotatable bonds is 0. The summed E-state index contributed by atoms with van der Waals surface area (Å²) in [4.78, 5) is 0. The van der Waals surface area contributed by atoms with E-state index in [9.17, 15) is 5.11 Å². The quantitative estimate of drug-likeness (QED) is 0.665. The lowest BCUT2D eigenvalue weighted by Crippen LogP contribution is -2.54. The molecular weight excluding hydrogens is 268 g/mol. The molecule has 5 rings (SSSR count). The van der Waals surface area contributed by atoms with Crippen molar-refractivity contribution in [1.82, 2.24) is 0 Å². The fourth-order valence-electron chi connectivity index (χ4n) is 8.66. The zero-order chi connectivity index (χ0) is 15.3. The van der Waals surface area contributed by atoms with Crippen molar-refractivity contribution in [1.29, 1.82) is 0 Å². The van der Waals surface area contributed by atoms with Crippen LogP contribution in [0.25, 0.3) is 0 Å². The number of fused-ring (bicyclic) bond motifs is 4. The molecule has 0 radical (unpaired) electrons. The van der Waals surface area contributed by atoms with Crippen molar-refractivity contribution in [2.24, 2.45) is 45.8 Å². The van der Waals surface area contributed by atoms with Gasteiger partial charge in [0.05, 0.1) is 6.10 Å². The molecule has 5 saturated carbocycles. The van der Waals surface area contributed by atoms with Gasteiger partial charge in [-0.3, -0.25) is 0 Å². The van der Waals surface area contributed by atoms with Gasteiger partial charge < -0.3 is 5.11 Å². The lowest BCUT2D eigenvalue weighted by molar-refractivity contribution is -0.134. The molecule has 5 aliphatic rings. The summed E-state index contributed by atoms with van der Waals surface area (Å²) in [6, 6.07) is 0. The van der Waals surface area contributed by atoms with Gasteiger partial charge in [0.1, 0.15) is 0 Å². The number of hydrogen-bond donors (Lipinski definition) is 1. The third-order valence-corrected chi connectivity index (χ3v) is 10.3. The summed E-state index contributed by atoms with van der Waals surface area (Å²) < 4.78 is 0. The highest BCUT2D eigenvalue weighted by Crippen LogP contribution is 2.80. The Morgan fingerprint density at radius 1 is 0.909 bits per heavy atom. The van der Waals surface area contributed by atoms with Crippen molar-refractivity contribution in [2.45, 2.75) is 84.7 Å². The summed E-state index contributed by atoms with van der Waals surface area (Å²) in [6.07, 6.45) is 12.5. The molecule has 124 valence electrons. The van der Waals surface area contributed by atoms with Crippen LogP contribution in [0, 0.1) is 45.8 Å². The normalized spacial score (nSPS) is 66.0. The van der Waals surface area contributed by atoms with Gasteiger partial charge in [0, 0.05) is 0 Å². The van der Waals surface area contributed by atoms with Gasteiger partial charge in [0.2, 0.25) is 0 Å². The average molecular weight is 303 g/mol. The second-order valence-electron chi connectivity index (χ2n) is 10.5. The summed E-state index contributed by atoms with van der Waals surface area (Å²) in [5.41, 5.74) is 1.78. The second kappa shape index (κ2) is 4.13. The lowest BCUT2D eigenvalue weighted by atomic mass is 9.44. The van der Waals surface area contributed by atoms with Gasteiger partial charge in [0.25, 0.3) is 0 Å². The van der Waals surface area contributed by atoms with Gasteiger partial charge in [0.15, 0.2) is 0 Å². The minimum atomic E-state index is 0.00924. The molecule has 0 aromatic heterocycles. The van der Waals surface area contributed by atoms with E-state index < -0.39 is 0 Å². The van der Waals surface area contributed by atoms with E-state index in [4.69, 9.17) is 0 Å². The third kappa shape index (κ3) is 1.47. The van der Waals surface area contributed by atoms with Crippen molar-refractivity contribution in [3.8, 4) is 0 Å². The van der Waals surface area contributed by atoms with Gasteiger partial charge in [-0.25, -0.2) is 0 Å². The maximum atomic E-state index is 10.3. The molecule has 3 unspecified atom stereocenters. The first-order valence-electron chi connectivity index (χ1n) is 10.1. The van der Waals surface area contributed by atoms with Crippen molar-refractivity contribution in [2.75, 3.05) is 0 Å². The van der Waals surface area contributed by atoms with Gasteiger partial charge in [-0.2, -0.15) is 0 Å². The molecular formula is C21H34O. The molecule has 9 atom stereocenters. The Kier molecular flexibility index (Phi) is 2.69. The summed E-state index contributed by atoms with van der Waals surface area (Å²) >= 11 is 0. The smallest absolute Gasteiger partial charge is 0.0546 e. The largest absolute Gasteiger partial charge is 0.393 e. The van der Waals surface area contributed by atoms with E-state index in [-0.39, 0.29) is 6.10 Å². The first-order chi connectivity index (χ1) is 10.4. The number of aliphatic hydroxyl groups is 1. The number of hydrogen-bond acceptors (Lipinski definition) is 1. The minimum Gasteiger partial charge on any atom is -0.393 e. The van der Waals surface area contributed by atoms with E-state index >= 15 is 0 Å². The molecule has 22 heavy (non-hydrogen) atoms.